The Labute approximate surface area is 281 Å². The summed E-state index contributed by atoms with van der Waals surface area (Å²) in [5.41, 5.74) is 6.76. The first-order valence-electron chi connectivity index (χ1n) is 16.1. The lowest BCUT2D eigenvalue weighted by molar-refractivity contribution is 1.07. The second-order valence-corrected chi connectivity index (χ2v) is 11.8. The van der Waals surface area contributed by atoms with Gasteiger partial charge in [0, 0.05) is 27.5 Å². The lowest BCUT2D eigenvalue weighted by atomic mass is 9.97. The van der Waals surface area contributed by atoms with Gasteiger partial charge in [0.1, 0.15) is 5.65 Å². The van der Waals surface area contributed by atoms with Crippen LogP contribution in [0.5, 0.6) is 0 Å². The van der Waals surface area contributed by atoms with Gasteiger partial charge in [0.25, 0.3) is 5.56 Å². The third-order valence-electron chi connectivity index (χ3n) is 8.85. The van der Waals surface area contributed by atoms with E-state index in [2.05, 4.69) is 22.6 Å². The van der Waals surface area contributed by atoms with Gasteiger partial charge in [-0.2, -0.15) is 4.98 Å². The fraction of sp³-hybridized carbons (Fsp3) is 0. The second kappa shape index (κ2) is 11.8. The van der Waals surface area contributed by atoms with Gasteiger partial charge in [-0.15, -0.1) is 0 Å². The van der Waals surface area contributed by atoms with E-state index in [9.17, 15) is 4.79 Å². The maximum atomic E-state index is 14.4. The van der Waals surface area contributed by atoms with Crippen molar-refractivity contribution in [2.24, 2.45) is 0 Å². The smallest absolute Gasteiger partial charge is 0.281 e. The van der Waals surface area contributed by atoms with Crippen LogP contribution >= 0.6 is 0 Å². The fourth-order valence-corrected chi connectivity index (χ4v) is 6.63. The second-order valence-electron chi connectivity index (χ2n) is 11.8. The summed E-state index contributed by atoms with van der Waals surface area (Å²) in [6.07, 6.45) is 0. The Morgan fingerprint density at radius 2 is 0.857 bits per heavy atom. The molecule has 3 aromatic heterocycles. The molecule has 0 N–H and O–H groups in total. The molecule has 9 rings (SSSR count). The van der Waals surface area contributed by atoms with Gasteiger partial charge in [-0.3, -0.25) is 9.20 Å². The Hall–Kier alpha value is -6.79. The van der Waals surface area contributed by atoms with E-state index in [0.717, 1.165) is 55.2 Å². The summed E-state index contributed by atoms with van der Waals surface area (Å²) < 4.78 is 2.14. The van der Waals surface area contributed by atoms with E-state index in [1.807, 2.05) is 146 Å². The van der Waals surface area contributed by atoms with Gasteiger partial charge in [0.15, 0.2) is 17.5 Å². The average Bonchev–Trinajstić information content (AvgIpc) is 3.18. The van der Waals surface area contributed by atoms with Crippen molar-refractivity contribution in [3.05, 3.63) is 174 Å². The highest BCUT2D eigenvalue weighted by molar-refractivity contribution is 6.12. The van der Waals surface area contributed by atoms with Gasteiger partial charge >= 0.3 is 0 Å². The van der Waals surface area contributed by atoms with Crippen LogP contribution in [-0.2, 0) is 0 Å². The molecule has 0 spiro atoms. The predicted octanol–water partition coefficient (Wildman–Crippen LogP) is 9.52. The summed E-state index contributed by atoms with van der Waals surface area (Å²) >= 11 is 0. The Kier molecular flexibility index (Phi) is 6.84. The molecule has 0 aliphatic rings. The molecule has 0 bridgehead atoms. The Morgan fingerprint density at radius 3 is 1.49 bits per heavy atom. The lowest BCUT2D eigenvalue weighted by Gasteiger charge is -2.19. The molecule has 0 unspecified atom stereocenters. The van der Waals surface area contributed by atoms with E-state index in [1.54, 1.807) is 0 Å². The zero-order valence-electron chi connectivity index (χ0n) is 26.2. The molecule has 6 aromatic carbocycles. The molecule has 0 fully saturated rings. The van der Waals surface area contributed by atoms with Crippen molar-refractivity contribution in [2.45, 2.75) is 0 Å². The highest BCUT2D eigenvalue weighted by Crippen LogP contribution is 2.37. The maximum Gasteiger partial charge on any atom is 0.281 e. The molecule has 0 amide bonds. The van der Waals surface area contributed by atoms with Crippen LogP contribution in [0.25, 0.3) is 83.9 Å². The molecular formula is C43H27N5O. The van der Waals surface area contributed by atoms with E-state index < -0.39 is 0 Å². The van der Waals surface area contributed by atoms with Crippen LogP contribution in [0.4, 0.5) is 0 Å². The molecule has 0 aliphatic carbocycles. The van der Waals surface area contributed by atoms with Crippen molar-refractivity contribution in [2.75, 3.05) is 0 Å². The zero-order chi connectivity index (χ0) is 32.7. The summed E-state index contributed by atoms with van der Waals surface area (Å²) in [4.78, 5) is 33.9. The van der Waals surface area contributed by atoms with Gasteiger partial charge in [-0.05, 0) is 28.6 Å². The normalized spacial score (nSPS) is 11.3. The largest absolute Gasteiger partial charge is 0.292 e. The third-order valence-corrected chi connectivity index (χ3v) is 8.85. The highest BCUT2D eigenvalue weighted by Gasteiger charge is 2.21. The molecule has 0 atom stereocenters. The van der Waals surface area contributed by atoms with Crippen LogP contribution in [0.15, 0.2) is 169 Å². The SMILES string of the molecule is O=c1nc2c3ccccc3c3ccccc3n2c(-c2ccccc2)c1-c1cccc(-c2nc(-c3ccccc3)nc(-c3ccccc3)n2)c1. The van der Waals surface area contributed by atoms with Crippen LogP contribution in [0.2, 0.25) is 0 Å². The van der Waals surface area contributed by atoms with Crippen LogP contribution in [0, 0.1) is 0 Å². The average molecular weight is 630 g/mol. The van der Waals surface area contributed by atoms with Crippen LogP contribution < -0.4 is 5.56 Å². The summed E-state index contributed by atoms with van der Waals surface area (Å²) in [7, 11) is 0. The quantitative estimate of drug-likeness (QED) is 0.177. The van der Waals surface area contributed by atoms with Crippen molar-refractivity contribution in [1.82, 2.24) is 24.3 Å². The molecule has 3 heterocycles. The molecule has 6 heteroatoms. The first kappa shape index (κ1) is 28.4. The molecule has 0 radical (unpaired) electrons. The molecule has 49 heavy (non-hydrogen) atoms. The standard InChI is InChI=1S/C43H27N5O/c49-43-37(38(28-15-4-1-5-16-28)48-36-26-13-12-24-34(36)33-23-10-11-25-35(33)42(48)47-43)31-21-14-22-32(27-31)41-45-39(29-17-6-2-7-18-29)44-40(46-41)30-19-8-3-9-20-30/h1-27H. The summed E-state index contributed by atoms with van der Waals surface area (Å²) in [6.45, 7) is 0. The van der Waals surface area contributed by atoms with Gasteiger partial charge in [0.05, 0.1) is 16.8 Å². The van der Waals surface area contributed by atoms with Crippen molar-refractivity contribution < 1.29 is 0 Å². The van der Waals surface area contributed by atoms with E-state index >= 15 is 0 Å². The Morgan fingerprint density at radius 1 is 0.388 bits per heavy atom. The summed E-state index contributed by atoms with van der Waals surface area (Å²) in [5.74, 6) is 1.66. The minimum Gasteiger partial charge on any atom is -0.292 e. The molecule has 0 aliphatic heterocycles. The number of rotatable bonds is 5. The van der Waals surface area contributed by atoms with Gasteiger partial charge in [-0.1, -0.05) is 152 Å². The number of hydrogen-bond acceptors (Lipinski definition) is 5. The number of fused-ring (bicyclic) bond motifs is 6. The van der Waals surface area contributed by atoms with Crippen molar-refractivity contribution >= 4 is 27.3 Å². The highest BCUT2D eigenvalue weighted by atomic mass is 16.1. The number of aromatic nitrogens is 5. The van der Waals surface area contributed by atoms with E-state index in [1.165, 1.54) is 0 Å². The maximum absolute atomic E-state index is 14.4. The van der Waals surface area contributed by atoms with Crippen molar-refractivity contribution in [1.29, 1.82) is 0 Å². The third kappa shape index (κ3) is 4.94. The Balaban J connectivity index is 1.33. The number of nitrogens with zero attached hydrogens (tertiary/aromatic N) is 5. The van der Waals surface area contributed by atoms with Gasteiger partial charge in [-0.25, -0.2) is 15.0 Å². The van der Waals surface area contributed by atoms with Crippen LogP contribution in [0.3, 0.4) is 0 Å². The first-order chi connectivity index (χ1) is 24.2. The summed E-state index contributed by atoms with van der Waals surface area (Å²) in [5, 5.41) is 3.06. The fourth-order valence-electron chi connectivity index (χ4n) is 6.63. The molecule has 0 saturated heterocycles. The Bertz CT molecular complexity index is 2670. The molecule has 6 nitrogen and oxygen atoms in total. The van der Waals surface area contributed by atoms with Crippen LogP contribution in [-0.4, -0.2) is 24.3 Å². The molecule has 230 valence electrons. The van der Waals surface area contributed by atoms with E-state index in [-0.39, 0.29) is 5.56 Å². The van der Waals surface area contributed by atoms with Crippen molar-refractivity contribution in [3.63, 3.8) is 0 Å². The number of hydrogen-bond donors (Lipinski definition) is 0. The first-order valence-corrected chi connectivity index (χ1v) is 16.1. The van der Waals surface area contributed by atoms with Gasteiger partial charge < -0.3 is 0 Å². The minimum absolute atomic E-state index is 0.304. The molecule has 9 aromatic rings. The molecular weight excluding hydrogens is 603 g/mol. The number of benzene rings is 6. The van der Waals surface area contributed by atoms with E-state index in [0.29, 0.717) is 28.7 Å². The zero-order valence-corrected chi connectivity index (χ0v) is 26.2. The molecule has 0 saturated carbocycles. The van der Waals surface area contributed by atoms with Gasteiger partial charge in [0.2, 0.25) is 0 Å². The number of pyridine rings is 1. The number of para-hydroxylation sites is 1. The topological polar surface area (TPSA) is 73.0 Å². The minimum atomic E-state index is -0.304. The van der Waals surface area contributed by atoms with E-state index in [4.69, 9.17) is 19.9 Å². The summed E-state index contributed by atoms with van der Waals surface area (Å²) in [6, 6.07) is 54.2. The predicted molar refractivity (Wildman–Crippen MR) is 197 cm³/mol. The lowest BCUT2D eigenvalue weighted by Crippen LogP contribution is -2.16. The van der Waals surface area contributed by atoms with Crippen molar-refractivity contribution in [3.8, 4) is 56.5 Å². The van der Waals surface area contributed by atoms with Crippen LogP contribution in [0.1, 0.15) is 0 Å². The monoisotopic (exact) mass is 629 g/mol.